The van der Waals surface area contributed by atoms with E-state index in [1.165, 1.54) is 12.8 Å². The van der Waals surface area contributed by atoms with E-state index in [2.05, 4.69) is 45.7 Å². The average molecular weight is 459 g/mol. The van der Waals surface area contributed by atoms with Gasteiger partial charge in [-0.3, -0.25) is 9.78 Å². The molecule has 7 heteroatoms. The fraction of sp³-hybridized carbons (Fsp3) is 0.481. The number of imidazole rings is 1. The third kappa shape index (κ3) is 4.02. The van der Waals surface area contributed by atoms with E-state index in [-0.39, 0.29) is 11.7 Å². The number of rotatable bonds is 6. The molecule has 0 spiro atoms. The van der Waals surface area contributed by atoms with Gasteiger partial charge in [-0.2, -0.15) is 0 Å². The lowest BCUT2D eigenvalue weighted by atomic mass is 9.80. The van der Waals surface area contributed by atoms with Gasteiger partial charge in [0.05, 0.1) is 29.1 Å². The van der Waals surface area contributed by atoms with E-state index in [1.54, 1.807) is 0 Å². The van der Waals surface area contributed by atoms with Crippen molar-refractivity contribution in [2.45, 2.75) is 71.5 Å². The van der Waals surface area contributed by atoms with Crippen molar-refractivity contribution < 1.29 is 4.79 Å². The first kappa shape index (κ1) is 22.7. The molecule has 2 unspecified atom stereocenters. The van der Waals surface area contributed by atoms with Crippen LogP contribution in [0.2, 0.25) is 0 Å². The Morgan fingerprint density at radius 1 is 1.21 bits per heavy atom. The van der Waals surface area contributed by atoms with Crippen LogP contribution in [-0.4, -0.2) is 44.9 Å². The number of nitrogens with one attached hydrogen (secondary N) is 1. The van der Waals surface area contributed by atoms with Crippen LogP contribution in [0.3, 0.4) is 0 Å². The molecule has 0 saturated carbocycles. The van der Waals surface area contributed by atoms with E-state index < -0.39 is 0 Å². The van der Waals surface area contributed by atoms with E-state index in [0.717, 1.165) is 64.9 Å². The third-order valence-electron chi connectivity index (χ3n) is 7.36. The Labute approximate surface area is 201 Å². The summed E-state index contributed by atoms with van der Waals surface area (Å²) in [6, 6.07) is 8.65. The number of nitrogens with zero attached hydrogens (tertiary/aromatic N) is 5. The van der Waals surface area contributed by atoms with Gasteiger partial charge in [0.25, 0.3) is 0 Å². The van der Waals surface area contributed by atoms with Crippen LogP contribution in [0.1, 0.15) is 72.0 Å². The molecular weight excluding hydrogens is 424 g/mol. The number of ketones is 1. The van der Waals surface area contributed by atoms with Crippen molar-refractivity contribution in [1.29, 1.82) is 0 Å². The number of carbonyl (C=O) groups is 1. The zero-order chi connectivity index (χ0) is 23.8. The summed E-state index contributed by atoms with van der Waals surface area (Å²) < 4.78 is 2.12. The zero-order valence-corrected chi connectivity index (χ0v) is 20.6. The highest BCUT2D eigenvalue weighted by atomic mass is 16.1. The molecule has 1 saturated heterocycles. The smallest absolute Gasteiger partial charge is 0.164 e. The summed E-state index contributed by atoms with van der Waals surface area (Å²) in [7, 11) is 1.94. The second-order valence-electron chi connectivity index (χ2n) is 9.61. The fourth-order valence-electron chi connectivity index (χ4n) is 5.55. The molecule has 1 N–H and O–H groups in total. The number of fused-ring (bicyclic) bond motifs is 1. The zero-order valence-electron chi connectivity index (χ0n) is 20.6. The number of anilines is 1. The molecule has 3 aromatic heterocycles. The van der Waals surface area contributed by atoms with E-state index in [9.17, 15) is 4.79 Å². The lowest BCUT2D eigenvalue weighted by Crippen LogP contribution is -2.30. The van der Waals surface area contributed by atoms with Crippen molar-refractivity contribution in [3.8, 4) is 11.4 Å². The molecule has 5 rings (SSSR count). The molecular formula is C27H34N6O. The molecule has 178 valence electrons. The van der Waals surface area contributed by atoms with Gasteiger partial charge in [-0.05, 0) is 70.8 Å². The Bertz CT molecular complexity index is 1220. The highest BCUT2D eigenvalue weighted by Crippen LogP contribution is 2.37. The predicted molar refractivity (Wildman–Crippen MR) is 134 cm³/mol. The van der Waals surface area contributed by atoms with Crippen LogP contribution < -0.4 is 10.2 Å². The fourth-order valence-corrected chi connectivity index (χ4v) is 5.55. The van der Waals surface area contributed by atoms with Crippen molar-refractivity contribution in [1.82, 2.24) is 24.8 Å². The minimum absolute atomic E-state index is 0.0484. The van der Waals surface area contributed by atoms with Crippen LogP contribution in [0.4, 0.5) is 5.82 Å². The number of carbonyl (C=O) groups excluding carboxylic acids is 1. The number of aryl methyl sites for hydroxylation is 2. The monoisotopic (exact) mass is 458 g/mol. The summed E-state index contributed by atoms with van der Waals surface area (Å²) >= 11 is 0. The molecule has 0 aromatic carbocycles. The summed E-state index contributed by atoms with van der Waals surface area (Å²) in [6.07, 6.45) is 5.48. The highest BCUT2D eigenvalue weighted by Gasteiger charge is 2.32. The number of Topliss-reactive ketones (excluding diaryl/α,β-unsaturated/α-hetero) is 1. The molecule has 1 aliphatic carbocycles. The molecule has 0 bridgehead atoms. The first-order valence-electron chi connectivity index (χ1n) is 12.5. The van der Waals surface area contributed by atoms with Crippen molar-refractivity contribution in [2.24, 2.45) is 0 Å². The van der Waals surface area contributed by atoms with Crippen molar-refractivity contribution >= 4 is 11.6 Å². The normalized spacial score (nSPS) is 20.1. The standard InChI is InChI=1S/C27H34N6O/c1-5-32-16-29-18(3)27(32)23-10-6-9-22(30-23)19-12-20-21(25(34)13-19)14-26(31-24(20)15-28-4)33-11-7-8-17(33)2/h6,9-10,14,16-17,19,28H,5,7-8,11-13,15H2,1-4H3. The SMILES string of the molecule is CCn1cnc(C)c1-c1cccc(C2CC(=O)c3cc(N4CCCC4C)nc(CNC)c3C2)n1. The van der Waals surface area contributed by atoms with E-state index in [4.69, 9.17) is 9.97 Å². The molecule has 1 aliphatic heterocycles. The van der Waals surface area contributed by atoms with Gasteiger partial charge in [-0.15, -0.1) is 0 Å². The number of hydrogen-bond donors (Lipinski definition) is 1. The lowest BCUT2D eigenvalue weighted by Gasteiger charge is -2.29. The maximum atomic E-state index is 13.4. The largest absolute Gasteiger partial charge is 0.354 e. The average Bonchev–Trinajstić information content (AvgIpc) is 3.44. The maximum absolute atomic E-state index is 13.4. The minimum Gasteiger partial charge on any atom is -0.354 e. The van der Waals surface area contributed by atoms with Crippen LogP contribution in [0.25, 0.3) is 11.4 Å². The Morgan fingerprint density at radius 3 is 2.79 bits per heavy atom. The van der Waals surface area contributed by atoms with Gasteiger partial charge in [0.15, 0.2) is 5.78 Å². The molecule has 1 fully saturated rings. The van der Waals surface area contributed by atoms with Gasteiger partial charge >= 0.3 is 0 Å². The van der Waals surface area contributed by atoms with Crippen LogP contribution in [0.15, 0.2) is 30.6 Å². The second-order valence-corrected chi connectivity index (χ2v) is 9.61. The Balaban J connectivity index is 1.51. The molecule has 7 nitrogen and oxygen atoms in total. The van der Waals surface area contributed by atoms with Gasteiger partial charge in [-0.1, -0.05) is 6.07 Å². The van der Waals surface area contributed by atoms with Gasteiger partial charge < -0.3 is 14.8 Å². The van der Waals surface area contributed by atoms with Gasteiger partial charge in [0.1, 0.15) is 5.82 Å². The molecule has 34 heavy (non-hydrogen) atoms. The van der Waals surface area contributed by atoms with E-state index >= 15 is 0 Å². The van der Waals surface area contributed by atoms with Crippen LogP contribution in [-0.2, 0) is 19.5 Å². The van der Waals surface area contributed by atoms with Crippen molar-refractivity contribution in [3.63, 3.8) is 0 Å². The second kappa shape index (κ2) is 9.29. The Hall–Kier alpha value is -3.06. The maximum Gasteiger partial charge on any atom is 0.164 e. The van der Waals surface area contributed by atoms with Crippen LogP contribution >= 0.6 is 0 Å². The number of aromatic nitrogens is 4. The topological polar surface area (TPSA) is 75.9 Å². The Kier molecular flexibility index (Phi) is 6.21. The number of hydrogen-bond acceptors (Lipinski definition) is 6. The van der Waals surface area contributed by atoms with Crippen LogP contribution in [0.5, 0.6) is 0 Å². The first-order valence-corrected chi connectivity index (χ1v) is 12.5. The molecule has 0 radical (unpaired) electrons. The molecule has 2 aliphatic rings. The molecule has 2 atom stereocenters. The summed E-state index contributed by atoms with van der Waals surface area (Å²) in [6.45, 7) is 8.88. The Morgan fingerprint density at radius 2 is 2.06 bits per heavy atom. The lowest BCUT2D eigenvalue weighted by molar-refractivity contribution is 0.0963. The summed E-state index contributed by atoms with van der Waals surface area (Å²) in [4.78, 5) is 30.3. The molecule has 3 aromatic rings. The quantitative estimate of drug-likeness (QED) is 0.594. The first-order chi connectivity index (χ1) is 16.5. The third-order valence-corrected chi connectivity index (χ3v) is 7.36. The van der Waals surface area contributed by atoms with Gasteiger partial charge in [0, 0.05) is 49.3 Å². The van der Waals surface area contributed by atoms with Crippen molar-refractivity contribution in [2.75, 3.05) is 18.5 Å². The number of pyridine rings is 2. The van der Waals surface area contributed by atoms with E-state index in [1.807, 2.05) is 32.4 Å². The van der Waals surface area contributed by atoms with Gasteiger partial charge in [0.2, 0.25) is 0 Å². The van der Waals surface area contributed by atoms with E-state index in [0.29, 0.717) is 19.0 Å². The summed E-state index contributed by atoms with van der Waals surface area (Å²) in [5, 5.41) is 3.26. The molecule has 4 heterocycles. The minimum atomic E-state index is 0.0484. The highest BCUT2D eigenvalue weighted by molar-refractivity contribution is 6.00. The van der Waals surface area contributed by atoms with Crippen LogP contribution in [0, 0.1) is 6.92 Å². The predicted octanol–water partition coefficient (Wildman–Crippen LogP) is 4.29. The van der Waals surface area contributed by atoms with Gasteiger partial charge in [-0.25, -0.2) is 9.97 Å². The summed E-state index contributed by atoms with van der Waals surface area (Å²) in [5.74, 6) is 1.19. The molecule has 0 amide bonds. The van der Waals surface area contributed by atoms with Crippen molar-refractivity contribution in [3.05, 3.63) is 58.8 Å². The summed E-state index contributed by atoms with van der Waals surface area (Å²) in [5.41, 5.74) is 6.82.